The van der Waals surface area contributed by atoms with Crippen LogP contribution in [0.2, 0.25) is 0 Å². The summed E-state index contributed by atoms with van der Waals surface area (Å²) >= 11 is 0. The predicted molar refractivity (Wildman–Crippen MR) is 91.3 cm³/mol. The SMILES string of the molecule is CCOc1ccc2c(c1)CCC1[C@@H]2CC[C@]2(C)[C@@H](O)C(O)=C(O)[C@@H]12. The summed E-state index contributed by atoms with van der Waals surface area (Å²) in [5.74, 6) is 1.24. The van der Waals surface area contributed by atoms with Crippen LogP contribution in [0.3, 0.4) is 0 Å². The van der Waals surface area contributed by atoms with Gasteiger partial charge in [-0.05, 0) is 67.7 Å². The first kappa shape index (κ1) is 15.8. The number of rotatable bonds is 2. The number of allylic oxidation sites excluding steroid dienone is 1. The van der Waals surface area contributed by atoms with Crippen LogP contribution in [0, 0.1) is 17.3 Å². The van der Waals surface area contributed by atoms with Crippen LogP contribution in [0.15, 0.2) is 29.7 Å². The van der Waals surface area contributed by atoms with E-state index < -0.39 is 11.5 Å². The molecule has 1 fully saturated rings. The smallest absolute Gasteiger partial charge is 0.159 e. The van der Waals surface area contributed by atoms with Crippen molar-refractivity contribution in [3.8, 4) is 5.75 Å². The van der Waals surface area contributed by atoms with Gasteiger partial charge < -0.3 is 20.1 Å². The van der Waals surface area contributed by atoms with Crippen LogP contribution in [-0.4, -0.2) is 28.0 Å². The summed E-state index contributed by atoms with van der Waals surface area (Å²) in [4.78, 5) is 0. The first-order chi connectivity index (χ1) is 11.5. The van der Waals surface area contributed by atoms with Gasteiger partial charge >= 0.3 is 0 Å². The van der Waals surface area contributed by atoms with E-state index in [0.29, 0.717) is 12.5 Å². The highest BCUT2D eigenvalue weighted by atomic mass is 16.5. The second-order valence-electron chi connectivity index (χ2n) is 7.80. The standard InChI is InChI=1S/C20H26O4/c1-3-24-12-5-7-13-11(10-12)4-6-15-14(13)8-9-20(2)16(15)17(21)18(22)19(20)23/h5,7,10,14-16,19,21-23H,3-4,6,8-9H2,1-2H3/t14-,15?,16-,19+,20+/m1/s1. The largest absolute Gasteiger partial charge is 0.508 e. The zero-order valence-electron chi connectivity index (χ0n) is 14.3. The lowest BCUT2D eigenvalue weighted by atomic mass is 9.55. The molecule has 0 heterocycles. The van der Waals surface area contributed by atoms with E-state index in [0.717, 1.165) is 31.4 Å². The summed E-state index contributed by atoms with van der Waals surface area (Å²) in [5, 5.41) is 31.0. The molecule has 0 aromatic heterocycles. The molecular formula is C20H26O4. The number of aliphatic hydroxyl groups is 3. The molecule has 0 radical (unpaired) electrons. The molecule has 130 valence electrons. The Balaban J connectivity index is 1.70. The fourth-order valence-electron chi connectivity index (χ4n) is 5.48. The predicted octanol–water partition coefficient (Wildman–Crippen LogP) is 3.85. The van der Waals surface area contributed by atoms with E-state index in [-0.39, 0.29) is 23.4 Å². The molecule has 24 heavy (non-hydrogen) atoms. The Bertz CT molecular complexity index is 695. The van der Waals surface area contributed by atoms with Crippen molar-refractivity contribution in [2.45, 2.75) is 51.6 Å². The highest BCUT2D eigenvalue weighted by Gasteiger charge is 2.59. The molecule has 3 aliphatic carbocycles. The number of hydrogen-bond donors (Lipinski definition) is 3. The van der Waals surface area contributed by atoms with Gasteiger partial charge in [-0.1, -0.05) is 13.0 Å². The molecule has 4 rings (SSSR count). The van der Waals surface area contributed by atoms with E-state index in [4.69, 9.17) is 4.74 Å². The van der Waals surface area contributed by atoms with Gasteiger partial charge in [-0.3, -0.25) is 0 Å². The zero-order valence-corrected chi connectivity index (χ0v) is 14.3. The molecule has 1 aromatic carbocycles. The minimum Gasteiger partial charge on any atom is -0.508 e. The molecule has 0 aliphatic heterocycles. The van der Waals surface area contributed by atoms with E-state index in [1.807, 2.05) is 19.9 Å². The third-order valence-corrected chi connectivity index (χ3v) is 6.66. The summed E-state index contributed by atoms with van der Waals surface area (Å²) < 4.78 is 5.62. The molecule has 4 heteroatoms. The Morgan fingerprint density at radius 3 is 2.75 bits per heavy atom. The summed E-state index contributed by atoms with van der Waals surface area (Å²) in [6.07, 6.45) is 2.77. The van der Waals surface area contributed by atoms with Gasteiger partial charge in [-0.2, -0.15) is 0 Å². The maximum absolute atomic E-state index is 10.5. The maximum Gasteiger partial charge on any atom is 0.159 e. The van der Waals surface area contributed by atoms with Gasteiger partial charge in [0.2, 0.25) is 0 Å². The Hall–Kier alpha value is -1.68. The fourth-order valence-corrected chi connectivity index (χ4v) is 5.48. The monoisotopic (exact) mass is 330 g/mol. The summed E-state index contributed by atoms with van der Waals surface area (Å²) in [7, 11) is 0. The lowest BCUT2D eigenvalue weighted by Crippen LogP contribution is -2.45. The second-order valence-corrected chi connectivity index (χ2v) is 7.80. The quantitative estimate of drug-likeness (QED) is 0.770. The van der Waals surface area contributed by atoms with Gasteiger partial charge in [0.1, 0.15) is 17.6 Å². The van der Waals surface area contributed by atoms with Gasteiger partial charge in [0.05, 0.1) is 6.61 Å². The molecule has 5 atom stereocenters. The minimum absolute atomic E-state index is 0.0223. The number of ether oxygens (including phenoxy) is 1. The van der Waals surface area contributed by atoms with E-state index in [1.54, 1.807) is 0 Å². The summed E-state index contributed by atoms with van der Waals surface area (Å²) in [6, 6.07) is 6.36. The lowest BCUT2D eigenvalue weighted by molar-refractivity contribution is -0.0334. The Labute approximate surface area is 142 Å². The van der Waals surface area contributed by atoms with E-state index in [1.165, 1.54) is 11.1 Å². The lowest BCUT2D eigenvalue weighted by Gasteiger charge is -2.49. The van der Waals surface area contributed by atoms with Crippen LogP contribution < -0.4 is 4.74 Å². The molecule has 1 unspecified atom stereocenters. The minimum atomic E-state index is -0.940. The number of fused-ring (bicyclic) bond motifs is 5. The summed E-state index contributed by atoms with van der Waals surface area (Å²) in [6.45, 7) is 4.66. The third kappa shape index (κ3) is 2.02. The summed E-state index contributed by atoms with van der Waals surface area (Å²) in [5.41, 5.74) is 2.25. The number of aryl methyl sites for hydroxylation is 1. The van der Waals surface area contributed by atoms with E-state index in [2.05, 4.69) is 12.1 Å². The fraction of sp³-hybridized carbons (Fsp3) is 0.600. The normalized spacial score (nSPS) is 37.6. The second kappa shape index (κ2) is 5.41. The molecule has 0 spiro atoms. The number of aliphatic hydroxyl groups excluding tert-OH is 3. The molecule has 3 aliphatic rings. The van der Waals surface area contributed by atoms with Crippen molar-refractivity contribution in [1.29, 1.82) is 0 Å². The topological polar surface area (TPSA) is 69.9 Å². The van der Waals surface area contributed by atoms with Gasteiger partial charge in [-0.25, -0.2) is 0 Å². The number of benzene rings is 1. The van der Waals surface area contributed by atoms with Crippen molar-refractivity contribution in [3.05, 3.63) is 40.8 Å². The van der Waals surface area contributed by atoms with Crippen molar-refractivity contribution in [3.63, 3.8) is 0 Å². The Kier molecular flexibility index (Phi) is 3.57. The van der Waals surface area contributed by atoms with Crippen molar-refractivity contribution in [2.24, 2.45) is 17.3 Å². The third-order valence-electron chi connectivity index (χ3n) is 6.66. The van der Waals surface area contributed by atoms with Crippen LogP contribution in [-0.2, 0) is 6.42 Å². The average molecular weight is 330 g/mol. The highest BCUT2D eigenvalue weighted by molar-refractivity contribution is 5.42. The highest BCUT2D eigenvalue weighted by Crippen LogP contribution is 2.61. The van der Waals surface area contributed by atoms with Gasteiger partial charge in [-0.15, -0.1) is 0 Å². The van der Waals surface area contributed by atoms with Crippen molar-refractivity contribution < 1.29 is 20.1 Å². The van der Waals surface area contributed by atoms with E-state index in [9.17, 15) is 15.3 Å². The molecule has 0 bridgehead atoms. The molecule has 0 amide bonds. The van der Waals surface area contributed by atoms with Crippen molar-refractivity contribution in [2.75, 3.05) is 6.61 Å². The Morgan fingerprint density at radius 2 is 2.00 bits per heavy atom. The number of hydrogen-bond acceptors (Lipinski definition) is 4. The first-order valence-corrected chi connectivity index (χ1v) is 9.03. The molecule has 1 saturated carbocycles. The Morgan fingerprint density at radius 1 is 1.21 bits per heavy atom. The average Bonchev–Trinajstić information content (AvgIpc) is 2.75. The van der Waals surface area contributed by atoms with Gasteiger partial charge in [0.15, 0.2) is 5.76 Å². The van der Waals surface area contributed by atoms with Gasteiger partial charge in [0, 0.05) is 11.3 Å². The van der Waals surface area contributed by atoms with Crippen LogP contribution in [0.25, 0.3) is 0 Å². The van der Waals surface area contributed by atoms with Crippen molar-refractivity contribution >= 4 is 0 Å². The van der Waals surface area contributed by atoms with E-state index >= 15 is 0 Å². The zero-order chi connectivity index (χ0) is 17.1. The first-order valence-electron chi connectivity index (χ1n) is 9.03. The molecule has 1 aromatic rings. The van der Waals surface area contributed by atoms with Crippen LogP contribution in [0.1, 0.15) is 50.2 Å². The van der Waals surface area contributed by atoms with Crippen LogP contribution >= 0.6 is 0 Å². The van der Waals surface area contributed by atoms with Gasteiger partial charge in [0.25, 0.3) is 0 Å². The van der Waals surface area contributed by atoms with Crippen LogP contribution in [0.4, 0.5) is 0 Å². The van der Waals surface area contributed by atoms with Crippen LogP contribution in [0.5, 0.6) is 5.75 Å². The molecular weight excluding hydrogens is 304 g/mol. The molecule has 0 saturated heterocycles. The molecule has 4 nitrogen and oxygen atoms in total. The van der Waals surface area contributed by atoms with Crippen molar-refractivity contribution in [1.82, 2.24) is 0 Å². The maximum atomic E-state index is 10.5. The molecule has 3 N–H and O–H groups in total.